The molecule has 1 rings (SSSR count). The van der Waals surface area contributed by atoms with Crippen LogP contribution >= 0.6 is 0 Å². The maximum atomic E-state index is 11.1. The first-order valence-electron chi connectivity index (χ1n) is 3.76. The first-order valence-corrected chi connectivity index (χ1v) is 3.76. The number of methoxy groups -OCH3 is 1. The monoisotopic (exact) mass is 172 g/mol. The van der Waals surface area contributed by atoms with Gasteiger partial charge in [-0.3, -0.25) is 9.59 Å². The number of esters is 1. The highest BCUT2D eigenvalue weighted by Crippen LogP contribution is 2.08. The van der Waals surface area contributed by atoms with Crippen molar-refractivity contribution in [2.75, 3.05) is 20.2 Å². The Kier molecular flexibility index (Phi) is 2.65. The summed E-state index contributed by atoms with van der Waals surface area (Å²) in [5.41, 5.74) is 5.44. The van der Waals surface area contributed by atoms with Crippen molar-refractivity contribution < 1.29 is 14.3 Å². The molecular formula is C7H12N2O3. The second-order valence-corrected chi connectivity index (χ2v) is 2.73. The summed E-state index contributed by atoms with van der Waals surface area (Å²) in [5.74, 6) is -0.571. The zero-order valence-corrected chi connectivity index (χ0v) is 6.95. The molecule has 0 radical (unpaired) electrons. The van der Waals surface area contributed by atoms with Crippen LogP contribution in [-0.2, 0) is 14.3 Å². The largest absolute Gasteiger partial charge is 0.468 e. The minimum atomic E-state index is -0.436. The molecule has 1 amide bonds. The van der Waals surface area contributed by atoms with Crippen LogP contribution < -0.4 is 5.73 Å². The van der Waals surface area contributed by atoms with E-state index in [0.717, 1.165) is 0 Å². The number of hydrogen-bond donors (Lipinski definition) is 1. The van der Waals surface area contributed by atoms with E-state index in [4.69, 9.17) is 5.73 Å². The number of ether oxygens (including phenoxy) is 1. The van der Waals surface area contributed by atoms with Crippen LogP contribution in [0.25, 0.3) is 0 Å². The summed E-state index contributed by atoms with van der Waals surface area (Å²) in [7, 11) is 1.29. The first-order chi connectivity index (χ1) is 5.65. The maximum absolute atomic E-state index is 11.1. The number of likely N-dealkylation sites (tertiary alicyclic amines) is 1. The van der Waals surface area contributed by atoms with Crippen LogP contribution in [0.15, 0.2) is 0 Å². The minimum absolute atomic E-state index is 0.0169. The predicted molar refractivity (Wildman–Crippen MR) is 41.2 cm³/mol. The molecule has 1 fully saturated rings. The Morgan fingerprint density at radius 2 is 2.50 bits per heavy atom. The third-order valence-electron chi connectivity index (χ3n) is 1.89. The van der Waals surface area contributed by atoms with Crippen molar-refractivity contribution in [3.8, 4) is 0 Å². The third kappa shape index (κ3) is 1.73. The van der Waals surface area contributed by atoms with E-state index in [1.54, 1.807) is 0 Å². The molecule has 0 spiro atoms. The molecule has 0 aromatic heterocycles. The van der Waals surface area contributed by atoms with Gasteiger partial charge in [0.15, 0.2) is 0 Å². The fraction of sp³-hybridized carbons (Fsp3) is 0.714. The van der Waals surface area contributed by atoms with Crippen molar-refractivity contribution >= 4 is 11.9 Å². The van der Waals surface area contributed by atoms with Gasteiger partial charge >= 0.3 is 5.97 Å². The predicted octanol–water partition coefficient (Wildman–Crippen LogP) is -1.28. The van der Waals surface area contributed by atoms with E-state index in [9.17, 15) is 9.59 Å². The van der Waals surface area contributed by atoms with Crippen molar-refractivity contribution in [3.05, 3.63) is 0 Å². The van der Waals surface area contributed by atoms with Gasteiger partial charge in [0.25, 0.3) is 0 Å². The lowest BCUT2D eigenvalue weighted by molar-refractivity contribution is -0.145. The summed E-state index contributed by atoms with van der Waals surface area (Å²) in [5, 5.41) is 0. The van der Waals surface area contributed by atoms with Crippen LogP contribution in [0.3, 0.4) is 0 Å². The summed E-state index contributed by atoms with van der Waals surface area (Å²) < 4.78 is 4.42. The number of nitrogens with zero attached hydrogens (tertiary/aromatic N) is 1. The van der Waals surface area contributed by atoms with Crippen molar-refractivity contribution in [1.29, 1.82) is 0 Å². The number of carbonyl (C=O) groups excluding carboxylic acids is 2. The van der Waals surface area contributed by atoms with Crippen molar-refractivity contribution in [2.24, 2.45) is 5.73 Å². The van der Waals surface area contributed by atoms with Crippen LogP contribution in [-0.4, -0.2) is 43.0 Å². The van der Waals surface area contributed by atoms with Gasteiger partial charge in [-0.2, -0.15) is 0 Å². The topological polar surface area (TPSA) is 72.6 Å². The zero-order chi connectivity index (χ0) is 9.14. The second kappa shape index (κ2) is 3.53. The molecule has 1 aliphatic heterocycles. The van der Waals surface area contributed by atoms with Gasteiger partial charge in [0.2, 0.25) is 5.91 Å². The number of hydrogen-bond acceptors (Lipinski definition) is 4. The average molecular weight is 172 g/mol. The number of nitrogens with two attached hydrogens (primary N) is 1. The van der Waals surface area contributed by atoms with Crippen LogP contribution in [0.2, 0.25) is 0 Å². The van der Waals surface area contributed by atoms with E-state index >= 15 is 0 Å². The Bertz CT molecular complexity index is 205. The molecule has 0 unspecified atom stereocenters. The quantitative estimate of drug-likeness (QED) is 0.526. The lowest BCUT2D eigenvalue weighted by atomic mass is 10.3. The van der Waals surface area contributed by atoms with Crippen molar-refractivity contribution in [2.45, 2.75) is 12.5 Å². The fourth-order valence-electron chi connectivity index (χ4n) is 1.14. The molecule has 0 bridgehead atoms. The van der Waals surface area contributed by atoms with E-state index in [0.29, 0.717) is 13.0 Å². The normalized spacial score (nSPS) is 23.0. The molecule has 68 valence electrons. The number of carbonyl (C=O) groups is 2. The minimum Gasteiger partial charge on any atom is -0.468 e. The van der Waals surface area contributed by atoms with Gasteiger partial charge in [-0.25, -0.2) is 0 Å². The molecule has 0 aliphatic carbocycles. The molecule has 1 aliphatic rings. The first kappa shape index (κ1) is 8.99. The van der Waals surface area contributed by atoms with E-state index in [-0.39, 0.29) is 12.5 Å². The molecule has 0 aromatic rings. The zero-order valence-electron chi connectivity index (χ0n) is 6.95. The number of rotatable bonds is 2. The summed E-state index contributed by atoms with van der Waals surface area (Å²) in [4.78, 5) is 23.3. The average Bonchev–Trinajstić information content (AvgIpc) is 2.36. The van der Waals surface area contributed by atoms with Gasteiger partial charge in [-0.15, -0.1) is 0 Å². The molecule has 1 heterocycles. The SMILES string of the molecule is COC(=O)CN1CC[C@H](N)C1=O. The fourth-order valence-corrected chi connectivity index (χ4v) is 1.14. The molecule has 2 N–H and O–H groups in total. The van der Waals surface area contributed by atoms with Gasteiger partial charge < -0.3 is 15.4 Å². The molecule has 1 saturated heterocycles. The maximum Gasteiger partial charge on any atom is 0.325 e. The van der Waals surface area contributed by atoms with Gasteiger partial charge in [-0.05, 0) is 6.42 Å². The van der Waals surface area contributed by atoms with Crippen LogP contribution in [0, 0.1) is 0 Å². The Morgan fingerprint density at radius 3 is 2.92 bits per heavy atom. The van der Waals surface area contributed by atoms with E-state index in [1.165, 1.54) is 12.0 Å². The van der Waals surface area contributed by atoms with Crippen molar-refractivity contribution in [3.63, 3.8) is 0 Å². The lowest BCUT2D eigenvalue weighted by Crippen LogP contribution is -2.37. The number of amides is 1. The molecule has 0 saturated carbocycles. The van der Waals surface area contributed by atoms with Gasteiger partial charge in [0.1, 0.15) is 6.54 Å². The van der Waals surface area contributed by atoms with Gasteiger partial charge in [-0.1, -0.05) is 0 Å². The highest BCUT2D eigenvalue weighted by molar-refractivity contribution is 5.87. The Labute approximate surface area is 70.5 Å². The van der Waals surface area contributed by atoms with Gasteiger partial charge in [0.05, 0.1) is 13.2 Å². The Morgan fingerprint density at radius 1 is 1.83 bits per heavy atom. The highest BCUT2D eigenvalue weighted by Gasteiger charge is 2.29. The van der Waals surface area contributed by atoms with E-state index in [1.807, 2.05) is 0 Å². The van der Waals surface area contributed by atoms with E-state index < -0.39 is 12.0 Å². The second-order valence-electron chi connectivity index (χ2n) is 2.73. The van der Waals surface area contributed by atoms with E-state index in [2.05, 4.69) is 4.74 Å². The summed E-state index contributed by atoms with van der Waals surface area (Å²) in [6.45, 7) is 0.568. The van der Waals surface area contributed by atoms with Crippen LogP contribution in [0.1, 0.15) is 6.42 Å². The standard InChI is InChI=1S/C7H12N2O3/c1-12-6(10)4-9-3-2-5(8)7(9)11/h5H,2-4,8H2,1H3/t5-/m0/s1. The smallest absolute Gasteiger partial charge is 0.325 e. The Balaban J connectivity index is 2.44. The summed E-state index contributed by atoms with van der Waals surface area (Å²) >= 11 is 0. The summed E-state index contributed by atoms with van der Waals surface area (Å²) in [6.07, 6.45) is 0.621. The Hall–Kier alpha value is -1.10. The molecule has 12 heavy (non-hydrogen) atoms. The lowest BCUT2D eigenvalue weighted by Gasteiger charge is -2.13. The third-order valence-corrected chi connectivity index (χ3v) is 1.89. The summed E-state index contributed by atoms with van der Waals surface area (Å²) in [6, 6.07) is -0.436. The molecule has 1 atom stereocenters. The van der Waals surface area contributed by atoms with Crippen LogP contribution in [0.4, 0.5) is 0 Å². The highest BCUT2D eigenvalue weighted by atomic mass is 16.5. The molecule has 5 nitrogen and oxygen atoms in total. The van der Waals surface area contributed by atoms with Crippen LogP contribution in [0.5, 0.6) is 0 Å². The molecule has 5 heteroatoms. The molecule has 0 aromatic carbocycles. The van der Waals surface area contributed by atoms with Crippen molar-refractivity contribution in [1.82, 2.24) is 4.90 Å². The van der Waals surface area contributed by atoms with Gasteiger partial charge in [0, 0.05) is 6.54 Å². The molecular weight excluding hydrogens is 160 g/mol.